The second kappa shape index (κ2) is 7.33. The predicted molar refractivity (Wildman–Crippen MR) is 75.4 cm³/mol. The minimum Gasteiger partial charge on any atom is -0.478 e. The number of nitrogens with one attached hydrogen (secondary N) is 1. The highest BCUT2D eigenvalue weighted by Crippen LogP contribution is 2.15. The van der Waals surface area contributed by atoms with E-state index in [1.54, 1.807) is 19.1 Å². The van der Waals surface area contributed by atoms with Crippen LogP contribution in [-0.4, -0.2) is 17.0 Å². The van der Waals surface area contributed by atoms with Gasteiger partial charge in [-0.25, -0.2) is 4.79 Å². The van der Waals surface area contributed by atoms with E-state index in [-0.39, 0.29) is 23.9 Å². The van der Waals surface area contributed by atoms with Crippen LogP contribution in [0.4, 0.5) is 0 Å². The SMILES string of the molecule is C=CCC(CC=C)C(=O)NCc1cc(C(=O)O)c(C)o1. The molecule has 108 valence electrons. The summed E-state index contributed by atoms with van der Waals surface area (Å²) in [4.78, 5) is 22.8. The number of aromatic carboxylic acids is 1. The first kappa shape index (κ1) is 15.8. The maximum absolute atomic E-state index is 12.0. The minimum absolute atomic E-state index is 0.114. The number of aryl methyl sites for hydroxylation is 1. The molecule has 0 aliphatic carbocycles. The Balaban J connectivity index is 2.63. The van der Waals surface area contributed by atoms with E-state index < -0.39 is 5.97 Å². The minimum atomic E-state index is -1.04. The molecule has 1 rings (SSSR count). The van der Waals surface area contributed by atoms with Gasteiger partial charge < -0.3 is 14.8 Å². The monoisotopic (exact) mass is 277 g/mol. The highest BCUT2D eigenvalue weighted by Gasteiger charge is 2.17. The van der Waals surface area contributed by atoms with Crippen molar-refractivity contribution in [2.24, 2.45) is 5.92 Å². The maximum Gasteiger partial charge on any atom is 0.339 e. The quantitative estimate of drug-likeness (QED) is 0.716. The number of carboxylic acids is 1. The van der Waals surface area contributed by atoms with Crippen molar-refractivity contribution in [1.82, 2.24) is 5.32 Å². The van der Waals surface area contributed by atoms with Gasteiger partial charge in [-0.3, -0.25) is 4.79 Å². The fourth-order valence-corrected chi connectivity index (χ4v) is 1.87. The van der Waals surface area contributed by atoms with Gasteiger partial charge in [0.25, 0.3) is 0 Å². The van der Waals surface area contributed by atoms with Crippen LogP contribution in [0.1, 0.15) is 34.7 Å². The summed E-state index contributed by atoms with van der Waals surface area (Å²) in [6.45, 7) is 8.98. The molecule has 1 amide bonds. The number of hydrogen-bond donors (Lipinski definition) is 2. The Morgan fingerprint density at radius 3 is 2.45 bits per heavy atom. The summed E-state index contributed by atoms with van der Waals surface area (Å²) in [5, 5.41) is 11.6. The summed E-state index contributed by atoms with van der Waals surface area (Å²) in [6, 6.07) is 1.42. The number of carboxylic acid groups (broad SMARTS) is 1. The van der Waals surface area contributed by atoms with Gasteiger partial charge in [-0.15, -0.1) is 13.2 Å². The molecule has 0 radical (unpaired) electrons. The molecular formula is C15H19NO4. The number of furan rings is 1. The van der Waals surface area contributed by atoms with Crippen LogP contribution in [0, 0.1) is 12.8 Å². The molecule has 2 N–H and O–H groups in total. The number of allylic oxidation sites excluding steroid dienone is 2. The Kier molecular flexibility index (Phi) is 5.77. The Bertz CT molecular complexity index is 506. The second-order valence-corrected chi connectivity index (χ2v) is 4.45. The summed E-state index contributed by atoms with van der Waals surface area (Å²) in [5.41, 5.74) is 0.114. The van der Waals surface area contributed by atoms with Crippen molar-refractivity contribution in [3.63, 3.8) is 0 Å². The van der Waals surface area contributed by atoms with E-state index in [4.69, 9.17) is 9.52 Å². The molecule has 5 heteroatoms. The van der Waals surface area contributed by atoms with E-state index in [1.807, 2.05) is 0 Å². The van der Waals surface area contributed by atoms with Gasteiger partial charge in [0.1, 0.15) is 17.1 Å². The predicted octanol–water partition coefficient (Wildman–Crippen LogP) is 2.67. The van der Waals surface area contributed by atoms with Gasteiger partial charge in [-0.05, 0) is 25.8 Å². The van der Waals surface area contributed by atoms with Crippen LogP contribution in [0.2, 0.25) is 0 Å². The number of carbonyl (C=O) groups excluding carboxylic acids is 1. The lowest BCUT2D eigenvalue weighted by Crippen LogP contribution is -2.29. The van der Waals surface area contributed by atoms with E-state index in [9.17, 15) is 9.59 Å². The third kappa shape index (κ3) is 4.12. The van der Waals surface area contributed by atoms with Crippen molar-refractivity contribution >= 4 is 11.9 Å². The summed E-state index contributed by atoms with van der Waals surface area (Å²) in [7, 11) is 0. The summed E-state index contributed by atoms with van der Waals surface area (Å²) < 4.78 is 5.29. The number of carbonyl (C=O) groups is 2. The molecular weight excluding hydrogens is 258 g/mol. The first-order chi connectivity index (χ1) is 9.49. The zero-order valence-electron chi connectivity index (χ0n) is 11.5. The number of hydrogen-bond acceptors (Lipinski definition) is 3. The van der Waals surface area contributed by atoms with E-state index in [0.29, 0.717) is 24.4 Å². The van der Waals surface area contributed by atoms with Gasteiger partial charge >= 0.3 is 5.97 Å². The lowest BCUT2D eigenvalue weighted by molar-refractivity contribution is -0.125. The van der Waals surface area contributed by atoms with Crippen molar-refractivity contribution in [3.05, 3.63) is 48.5 Å². The fourth-order valence-electron chi connectivity index (χ4n) is 1.87. The van der Waals surface area contributed by atoms with Crippen LogP contribution in [0.15, 0.2) is 35.8 Å². The smallest absolute Gasteiger partial charge is 0.339 e. The lowest BCUT2D eigenvalue weighted by atomic mass is 10.0. The van der Waals surface area contributed by atoms with Crippen LogP contribution >= 0.6 is 0 Å². The van der Waals surface area contributed by atoms with Gasteiger partial charge in [-0.1, -0.05) is 12.2 Å². The first-order valence-corrected chi connectivity index (χ1v) is 6.31. The Morgan fingerprint density at radius 2 is 2.00 bits per heavy atom. The molecule has 0 aliphatic heterocycles. The molecule has 0 spiro atoms. The third-order valence-electron chi connectivity index (χ3n) is 2.91. The van der Waals surface area contributed by atoms with Gasteiger partial charge in [0.05, 0.1) is 6.54 Å². The molecule has 20 heavy (non-hydrogen) atoms. The van der Waals surface area contributed by atoms with Crippen molar-refractivity contribution < 1.29 is 19.1 Å². The molecule has 1 heterocycles. The number of rotatable bonds is 8. The zero-order valence-corrected chi connectivity index (χ0v) is 11.5. The van der Waals surface area contributed by atoms with Crippen LogP contribution in [0.25, 0.3) is 0 Å². The fraction of sp³-hybridized carbons (Fsp3) is 0.333. The Hall–Kier alpha value is -2.30. The largest absolute Gasteiger partial charge is 0.478 e. The van der Waals surface area contributed by atoms with E-state index in [2.05, 4.69) is 18.5 Å². The van der Waals surface area contributed by atoms with Crippen LogP contribution in [-0.2, 0) is 11.3 Å². The van der Waals surface area contributed by atoms with Crippen molar-refractivity contribution in [3.8, 4) is 0 Å². The topological polar surface area (TPSA) is 79.5 Å². The molecule has 0 atom stereocenters. The van der Waals surface area contributed by atoms with Crippen LogP contribution < -0.4 is 5.32 Å². The van der Waals surface area contributed by atoms with Gasteiger partial charge in [0.15, 0.2) is 0 Å². The molecule has 0 bridgehead atoms. The first-order valence-electron chi connectivity index (χ1n) is 6.31. The average molecular weight is 277 g/mol. The Morgan fingerprint density at radius 1 is 1.40 bits per heavy atom. The molecule has 0 saturated carbocycles. The third-order valence-corrected chi connectivity index (χ3v) is 2.91. The molecule has 0 fully saturated rings. The summed E-state index contributed by atoms with van der Waals surface area (Å²) in [6.07, 6.45) is 4.51. The zero-order chi connectivity index (χ0) is 15.1. The van der Waals surface area contributed by atoms with E-state index in [1.165, 1.54) is 6.07 Å². The molecule has 5 nitrogen and oxygen atoms in total. The van der Waals surface area contributed by atoms with Crippen molar-refractivity contribution in [2.75, 3.05) is 0 Å². The normalized spacial score (nSPS) is 10.3. The second-order valence-electron chi connectivity index (χ2n) is 4.45. The lowest BCUT2D eigenvalue weighted by Gasteiger charge is -2.12. The van der Waals surface area contributed by atoms with Crippen molar-refractivity contribution in [2.45, 2.75) is 26.3 Å². The molecule has 1 aromatic heterocycles. The Labute approximate surface area is 118 Å². The standard InChI is InChI=1S/C15H19NO4/c1-4-6-11(7-5-2)14(17)16-9-12-8-13(15(18)19)10(3)20-12/h4-5,8,11H,1-2,6-7,9H2,3H3,(H,16,17)(H,18,19). The highest BCUT2D eigenvalue weighted by molar-refractivity contribution is 5.88. The van der Waals surface area contributed by atoms with E-state index in [0.717, 1.165) is 0 Å². The van der Waals surface area contributed by atoms with Gasteiger partial charge in [0.2, 0.25) is 5.91 Å². The van der Waals surface area contributed by atoms with Crippen LogP contribution in [0.5, 0.6) is 0 Å². The summed E-state index contributed by atoms with van der Waals surface area (Å²) in [5.74, 6) is -0.629. The summed E-state index contributed by atoms with van der Waals surface area (Å²) >= 11 is 0. The molecule has 0 saturated heterocycles. The maximum atomic E-state index is 12.0. The van der Waals surface area contributed by atoms with Gasteiger partial charge in [0, 0.05) is 5.92 Å². The highest BCUT2D eigenvalue weighted by atomic mass is 16.4. The van der Waals surface area contributed by atoms with Crippen molar-refractivity contribution in [1.29, 1.82) is 0 Å². The van der Waals surface area contributed by atoms with E-state index >= 15 is 0 Å². The molecule has 0 aromatic carbocycles. The average Bonchev–Trinajstić information content (AvgIpc) is 2.77. The van der Waals surface area contributed by atoms with Gasteiger partial charge in [-0.2, -0.15) is 0 Å². The molecule has 0 unspecified atom stereocenters. The number of amides is 1. The molecule has 1 aromatic rings. The van der Waals surface area contributed by atoms with Crippen LogP contribution in [0.3, 0.4) is 0 Å². The molecule has 0 aliphatic rings.